The zero-order chi connectivity index (χ0) is 14.1. The Morgan fingerprint density at radius 3 is 1.89 bits per heavy atom. The van der Waals surface area contributed by atoms with Gasteiger partial charge in [-0.25, -0.2) is 0 Å². The molecular formula is C10H22O6S2. The maximum absolute atomic E-state index is 11.1. The monoisotopic (exact) mass is 302 g/mol. The third-order valence-electron chi connectivity index (χ3n) is 2.30. The minimum absolute atomic E-state index is 0.0361. The van der Waals surface area contributed by atoms with E-state index in [4.69, 9.17) is 4.55 Å². The van der Waals surface area contributed by atoms with Crippen LogP contribution in [-0.2, 0) is 24.4 Å². The summed E-state index contributed by atoms with van der Waals surface area (Å²) >= 11 is 0. The summed E-state index contributed by atoms with van der Waals surface area (Å²) in [6.07, 6.45) is 7.11. The van der Waals surface area contributed by atoms with Crippen LogP contribution in [0.25, 0.3) is 0 Å². The van der Waals surface area contributed by atoms with Gasteiger partial charge in [0.25, 0.3) is 20.2 Å². The highest BCUT2D eigenvalue weighted by Gasteiger charge is 2.20. The molecule has 0 atom stereocenters. The highest BCUT2D eigenvalue weighted by Crippen LogP contribution is 2.08. The van der Waals surface area contributed by atoms with Crippen molar-refractivity contribution in [2.75, 3.05) is 11.7 Å². The van der Waals surface area contributed by atoms with E-state index < -0.39 is 25.3 Å². The van der Waals surface area contributed by atoms with Gasteiger partial charge in [-0.1, -0.05) is 45.4 Å². The molecule has 6 nitrogen and oxygen atoms in total. The Kier molecular flexibility index (Phi) is 8.75. The van der Waals surface area contributed by atoms with Crippen LogP contribution in [0, 0.1) is 0 Å². The van der Waals surface area contributed by atoms with Crippen molar-refractivity contribution in [1.29, 1.82) is 0 Å². The zero-order valence-corrected chi connectivity index (χ0v) is 12.3. The summed E-state index contributed by atoms with van der Waals surface area (Å²) in [7, 11) is -8.73. The van der Waals surface area contributed by atoms with Gasteiger partial charge in [0.2, 0.25) is 5.08 Å². The van der Waals surface area contributed by atoms with Gasteiger partial charge >= 0.3 is 0 Å². The third kappa shape index (κ3) is 12.3. The average molecular weight is 302 g/mol. The first-order valence-corrected chi connectivity index (χ1v) is 9.28. The van der Waals surface area contributed by atoms with Gasteiger partial charge in [-0.2, -0.15) is 16.8 Å². The van der Waals surface area contributed by atoms with E-state index in [0.29, 0.717) is 6.42 Å². The molecule has 0 aromatic carbocycles. The van der Waals surface area contributed by atoms with Crippen molar-refractivity contribution in [2.24, 2.45) is 0 Å². The SMILES string of the molecule is CCCCCCCCCOS(=O)(=O)CS(=O)(=O)O. The van der Waals surface area contributed by atoms with Gasteiger partial charge in [0.1, 0.15) is 0 Å². The second-order valence-electron chi connectivity index (χ2n) is 4.20. The smallest absolute Gasteiger partial charge is 0.284 e. The average Bonchev–Trinajstić information content (AvgIpc) is 2.18. The molecule has 0 bridgehead atoms. The van der Waals surface area contributed by atoms with Crippen LogP contribution in [0.4, 0.5) is 0 Å². The van der Waals surface area contributed by atoms with Gasteiger partial charge in [0, 0.05) is 0 Å². The fraction of sp³-hybridized carbons (Fsp3) is 1.00. The second-order valence-corrected chi connectivity index (χ2v) is 7.66. The summed E-state index contributed by atoms with van der Waals surface area (Å²) < 4.78 is 55.7. The van der Waals surface area contributed by atoms with E-state index >= 15 is 0 Å². The van der Waals surface area contributed by atoms with Crippen molar-refractivity contribution < 1.29 is 25.6 Å². The lowest BCUT2D eigenvalue weighted by molar-refractivity contribution is 0.308. The van der Waals surface area contributed by atoms with Crippen LogP contribution >= 0.6 is 0 Å². The molecule has 0 unspecified atom stereocenters. The Balaban J connectivity index is 3.60. The third-order valence-corrected chi connectivity index (χ3v) is 5.18. The summed E-state index contributed by atoms with van der Waals surface area (Å²) in [5.41, 5.74) is 0. The van der Waals surface area contributed by atoms with E-state index in [2.05, 4.69) is 11.1 Å². The van der Waals surface area contributed by atoms with Crippen LogP contribution in [0.1, 0.15) is 51.9 Å². The van der Waals surface area contributed by atoms with E-state index in [1.54, 1.807) is 0 Å². The van der Waals surface area contributed by atoms with Crippen LogP contribution in [0.2, 0.25) is 0 Å². The molecule has 0 aliphatic heterocycles. The molecule has 0 saturated heterocycles. The Morgan fingerprint density at radius 1 is 0.889 bits per heavy atom. The molecule has 0 radical (unpaired) electrons. The number of hydrogen-bond donors (Lipinski definition) is 1. The topological polar surface area (TPSA) is 97.7 Å². The molecule has 0 spiro atoms. The summed E-state index contributed by atoms with van der Waals surface area (Å²) in [5.74, 6) is 0. The highest BCUT2D eigenvalue weighted by molar-refractivity contribution is 8.03. The Morgan fingerprint density at radius 2 is 1.39 bits per heavy atom. The van der Waals surface area contributed by atoms with Crippen LogP contribution in [0.3, 0.4) is 0 Å². The summed E-state index contributed by atoms with van der Waals surface area (Å²) in [6, 6.07) is 0. The van der Waals surface area contributed by atoms with Gasteiger partial charge in [0.05, 0.1) is 6.61 Å². The largest absolute Gasteiger partial charge is 0.285 e. The molecule has 1 N–H and O–H groups in total. The molecule has 0 saturated carbocycles. The Bertz CT molecular complexity index is 398. The molecule has 0 aliphatic carbocycles. The second kappa shape index (κ2) is 8.84. The number of rotatable bonds is 11. The van der Waals surface area contributed by atoms with Crippen LogP contribution < -0.4 is 0 Å². The lowest BCUT2D eigenvalue weighted by Gasteiger charge is -2.04. The molecule has 0 aromatic rings. The van der Waals surface area contributed by atoms with E-state index in [-0.39, 0.29) is 6.61 Å². The van der Waals surface area contributed by atoms with Crippen molar-refractivity contribution in [3.8, 4) is 0 Å². The van der Waals surface area contributed by atoms with E-state index in [0.717, 1.165) is 19.3 Å². The molecule has 0 fully saturated rings. The fourth-order valence-corrected chi connectivity index (χ4v) is 3.56. The molecule has 0 rings (SSSR count). The van der Waals surface area contributed by atoms with E-state index in [1.807, 2.05) is 0 Å². The van der Waals surface area contributed by atoms with Crippen molar-refractivity contribution in [3.05, 3.63) is 0 Å². The van der Waals surface area contributed by atoms with E-state index in [9.17, 15) is 16.8 Å². The normalized spacial score (nSPS) is 12.8. The predicted molar refractivity (Wildman–Crippen MR) is 69.3 cm³/mol. The molecule has 0 heterocycles. The summed E-state index contributed by atoms with van der Waals surface area (Å²) in [4.78, 5) is 0. The van der Waals surface area contributed by atoms with Gasteiger partial charge < -0.3 is 0 Å². The fourth-order valence-electron chi connectivity index (χ4n) is 1.46. The first-order valence-electron chi connectivity index (χ1n) is 6.09. The summed E-state index contributed by atoms with van der Waals surface area (Å²) in [6.45, 7) is 2.10. The van der Waals surface area contributed by atoms with Crippen molar-refractivity contribution in [3.63, 3.8) is 0 Å². The highest BCUT2D eigenvalue weighted by atomic mass is 32.3. The first-order chi connectivity index (χ1) is 8.27. The van der Waals surface area contributed by atoms with Crippen molar-refractivity contribution in [2.45, 2.75) is 51.9 Å². The summed E-state index contributed by atoms with van der Waals surface area (Å²) in [5, 5.41) is -1.38. The Hall–Kier alpha value is -0.180. The van der Waals surface area contributed by atoms with Crippen molar-refractivity contribution >= 4 is 20.2 Å². The van der Waals surface area contributed by atoms with Crippen LogP contribution in [0.15, 0.2) is 0 Å². The van der Waals surface area contributed by atoms with Crippen LogP contribution in [-0.4, -0.2) is 33.1 Å². The molecule has 0 aromatic heterocycles. The van der Waals surface area contributed by atoms with Gasteiger partial charge in [-0.3, -0.25) is 8.74 Å². The quantitative estimate of drug-likeness (QED) is 0.356. The Labute approximate surface area is 110 Å². The zero-order valence-electron chi connectivity index (χ0n) is 10.7. The minimum Gasteiger partial charge on any atom is -0.285 e. The van der Waals surface area contributed by atoms with E-state index in [1.165, 1.54) is 19.3 Å². The molecule has 18 heavy (non-hydrogen) atoms. The van der Waals surface area contributed by atoms with Gasteiger partial charge in [0.15, 0.2) is 0 Å². The number of hydrogen-bond acceptors (Lipinski definition) is 5. The lowest BCUT2D eigenvalue weighted by atomic mass is 10.1. The molecule has 110 valence electrons. The number of unbranched alkanes of at least 4 members (excludes halogenated alkanes) is 6. The molecular weight excluding hydrogens is 280 g/mol. The maximum Gasteiger partial charge on any atom is 0.284 e. The minimum atomic E-state index is -4.55. The van der Waals surface area contributed by atoms with Crippen molar-refractivity contribution in [1.82, 2.24) is 0 Å². The molecule has 0 amide bonds. The predicted octanol–water partition coefficient (Wildman–Crippen LogP) is 1.93. The molecule has 8 heteroatoms. The van der Waals surface area contributed by atoms with Gasteiger partial charge in [-0.15, -0.1) is 0 Å². The van der Waals surface area contributed by atoms with Crippen LogP contribution in [0.5, 0.6) is 0 Å². The lowest BCUT2D eigenvalue weighted by Crippen LogP contribution is -2.18. The molecule has 0 aliphatic rings. The first kappa shape index (κ1) is 17.8. The maximum atomic E-state index is 11.1. The standard InChI is InChI=1S/C10H22O6S2/c1-2-3-4-5-6-7-8-9-16-18(14,15)10-17(11,12)13/h2-10H2,1H3,(H,11,12,13). The van der Waals surface area contributed by atoms with Gasteiger partial charge in [-0.05, 0) is 6.42 Å².